The van der Waals surface area contributed by atoms with Gasteiger partial charge in [-0.3, -0.25) is 9.59 Å². The summed E-state index contributed by atoms with van der Waals surface area (Å²) in [7, 11) is 0. The fraction of sp³-hybridized carbons (Fsp3) is 0.700. The molecule has 0 saturated heterocycles. The average Bonchev–Trinajstić information content (AvgIpc) is 2.79. The number of nitrogens with zero attached hydrogens (tertiary/aromatic N) is 1. The second-order valence-corrected chi connectivity index (χ2v) is 11.9. The monoisotopic (exact) mass is 517 g/mol. The summed E-state index contributed by atoms with van der Waals surface area (Å²) in [6.07, 6.45) is 2.63. The zero-order valence-electron chi connectivity index (χ0n) is 25.0. The Hall–Kier alpha value is -2.57. The van der Waals surface area contributed by atoms with Crippen LogP contribution in [0.4, 0.5) is 4.79 Å². The number of benzene rings is 1. The molecule has 1 aromatic rings. The van der Waals surface area contributed by atoms with Crippen molar-refractivity contribution in [3.63, 3.8) is 0 Å². The molecule has 3 unspecified atom stereocenters. The molecule has 0 aliphatic carbocycles. The molecule has 1 rings (SSSR count). The highest BCUT2D eigenvalue weighted by molar-refractivity contribution is 5.93. The van der Waals surface area contributed by atoms with E-state index in [1.807, 2.05) is 65.8 Å². The highest BCUT2D eigenvalue weighted by atomic mass is 16.6. The molecule has 1 aromatic carbocycles. The van der Waals surface area contributed by atoms with E-state index in [1.165, 1.54) is 0 Å². The Kier molecular flexibility index (Phi) is 12.1. The van der Waals surface area contributed by atoms with Crippen LogP contribution in [0.3, 0.4) is 0 Å². The minimum atomic E-state index is -0.862. The van der Waals surface area contributed by atoms with Gasteiger partial charge in [0.05, 0.1) is 0 Å². The standard InChI is InChI=1S/C30H51N3O4/c1-12-15-21(6)31-26(34)25(23-18-16-22(13-2)17-19-23)33(30(10,11)14-3)27(35)24(20(4)5)32-28(36)37-29(7,8)9/h16-21,24-25H,12-15H2,1-11H3,(H,31,34)(H,32,36). The Labute approximate surface area is 225 Å². The number of nitrogens with one attached hydrogen (secondary N) is 2. The van der Waals surface area contributed by atoms with Gasteiger partial charge >= 0.3 is 6.09 Å². The number of amides is 3. The number of carbonyl (C=O) groups is 3. The van der Waals surface area contributed by atoms with Crippen molar-refractivity contribution in [2.24, 2.45) is 5.92 Å². The quantitative estimate of drug-likeness (QED) is 0.347. The maximum atomic E-state index is 14.3. The number of aryl methyl sites for hydroxylation is 1. The Morgan fingerprint density at radius 3 is 1.92 bits per heavy atom. The first-order valence-corrected chi connectivity index (χ1v) is 13.8. The Bertz CT molecular complexity index is 887. The van der Waals surface area contributed by atoms with Crippen molar-refractivity contribution in [2.75, 3.05) is 0 Å². The van der Waals surface area contributed by atoms with Crippen LogP contribution in [0.25, 0.3) is 0 Å². The van der Waals surface area contributed by atoms with Crippen molar-refractivity contribution in [3.8, 4) is 0 Å². The van der Waals surface area contributed by atoms with Crippen LogP contribution in [0, 0.1) is 5.92 Å². The summed E-state index contributed by atoms with van der Waals surface area (Å²) in [6, 6.07) is 6.14. The van der Waals surface area contributed by atoms with Crippen LogP contribution in [0.1, 0.15) is 113 Å². The van der Waals surface area contributed by atoms with Crippen molar-refractivity contribution in [2.45, 2.75) is 131 Å². The molecule has 7 nitrogen and oxygen atoms in total. The molecule has 7 heteroatoms. The number of hydrogen-bond donors (Lipinski definition) is 2. The van der Waals surface area contributed by atoms with Crippen molar-refractivity contribution in [3.05, 3.63) is 35.4 Å². The van der Waals surface area contributed by atoms with E-state index in [0.717, 1.165) is 30.4 Å². The minimum absolute atomic E-state index is 0.0302. The Morgan fingerprint density at radius 2 is 1.49 bits per heavy atom. The van der Waals surface area contributed by atoms with E-state index in [4.69, 9.17) is 4.74 Å². The van der Waals surface area contributed by atoms with Gasteiger partial charge in [-0.2, -0.15) is 0 Å². The largest absolute Gasteiger partial charge is 0.444 e. The molecule has 0 aliphatic rings. The van der Waals surface area contributed by atoms with Crippen LogP contribution in [-0.2, 0) is 20.7 Å². The van der Waals surface area contributed by atoms with Gasteiger partial charge in [0, 0.05) is 11.6 Å². The molecule has 0 heterocycles. The van der Waals surface area contributed by atoms with Gasteiger partial charge in [-0.15, -0.1) is 0 Å². The molecule has 0 bridgehead atoms. The summed E-state index contributed by atoms with van der Waals surface area (Å²) in [5, 5.41) is 5.92. The lowest BCUT2D eigenvalue weighted by molar-refractivity contribution is -0.150. The SMILES string of the molecule is CCCC(C)NC(=O)C(c1ccc(CC)cc1)N(C(=O)C(NC(=O)OC(C)(C)C)C(C)C)C(C)(C)CC. The predicted octanol–water partition coefficient (Wildman–Crippen LogP) is 6.16. The van der Waals surface area contributed by atoms with Crippen LogP contribution in [-0.4, -0.2) is 46.0 Å². The van der Waals surface area contributed by atoms with E-state index in [9.17, 15) is 14.4 Å². The van der Waals surface area contributed by atoms with E-state index >= 15 is 0 Å². The maximum absolute atomic E-state index is 14.3. The van der Waals surface area contributed by atoms with Gasteiger partial charge in [0.15, 0.2) is 0 Å². The summed E-state index contributed by atoms with van der Waals surface area (Å²) in [6.45, 7) is 21.2. The molecular formula is C30H51N3O4. The maximum Gasteiger partial charge on any atom is 0.408 e. The Balaban J connectivity index is 3.63. The van der Waals surface area contributed by atoms with Gasteiger partial charge in [-0.05, 0) is 77.8 Å². The molecule has 0 saturated carbocycles. The van der Waals surface area contributed by atoms with Crippen molar-refractivity contribution >= 4 is 17.9 Å². The first-order valence-electron chi connectivity index (χ1n) is 13.8. The molecule has 0 aliphatic heterocycles. The highest BCUT2D eigenvalue weighted by Gasteiger charge is 2.44. The van der Waals surface area contributed by atoms with E-state index in [-0.39, 0.29) is 23.8 Å². The van der Waals surface area contributed by atoms with Gasteiger partial charge in [-0.1, -0.05) is 65.3 Å². The highest BCUT2D eigenvalue weighted by Crippen LogP contribution is 2.33. The first-order chi connectivity index (χ1) is 17.1. The minimum Gasteiger partial charge on any atom is -0.444 e. The molecule has 210 valence electrons. The van der Waals surface area contributed by atoms with Crippen LogP contribution in [0.5, 0.6) is 0 Å². The first kappa shape index (κ1) is 32.5. The summed E-state index contributed by atoms with van der Waals surface area (Å²) in [5.41, 5.74) is 0.532. The molecular weight excluding hydrogens is 466 g/mol. The molecule has 37 heavy (non-hydrogen) atoms. The van der Waals surface area contributed by atoms with Gasteiger partial charge in [0.25, 0.3) is 0 Å². The summed E-state index contributed by atoms with van der Waals surface area (Å²) in [4.78, 5) is 42.6. The second kappa shape index (κ2) is 13.8. The van der Waals surface area contributed by atoms with E-state index < -0.39 is 29.3 Å². The number of rotatable bonds is 12. The second-order valence-electron chi connectivity index (χ2n) is 11.9. The molecule has 0 aromatic heterocycles. The smallest absolute Gasteiger partial charge is 0.408 e. The van der Waals surface area contributed by atoms with Crippen LogP contribution < -0.4 is 10.6 Å². The van der Waals surface area contributed by atoms with Crippen molar-refractivity contribution < 1.29 is 19.1 Å². The van der Waals surface area contributed by atoms with E-state index in [2.05, 4.69) is 24.5 Å². The predicted molar refractivity (Wildman–Crippen MR) is 150 cm³/mol. The third kappa shape index (κ3) is 9.67. The van der Waals surface area contributed by atoms with Crippen molar-refractivity contribution in [1.29, 1.82) is 0 Å². The van der Waals surface area contributed by atoms with Gasteiger partial charge in [0.1, 0.15) is 17.7 Å². The summed E-state index contributed by atoms with van der Waals surface area (Å²) >= 11 is 0. The fourth-order valence-electron chi connectivity index (χ4n) is 4.22. The molecule has 2 N–H and O–H groups in total. The molecule has 0 radical (unpaired) electrons. The zero-order chi connectivity index (χ0) is 28.6. The van der Waals surface area contributed by atoms with E-state index in [1.54, 1.807) is 25.7 Å². The number of carbonyl (C=O) groups excluding carboxylic acids is 3. The van der Waals surface area contributed by atoms with Gasteiger partial charge < -0.3 is 20.3 Å². The van der Waals surface area contributed by atoms with Crippen LogP contribution in [0.15, 0.2) is 24.3 Å². The summed E-state index contributed by atoms with van der Waals surface area (Å²) < 4.78 is 5.46. The van der Waals surface area contributed by atoms with Gasteiger partial charge in [0.2, 0.25) is 11.8 Å². The lowest BCUT2D eigenvalue weighted by Crippen LogP contribution is -2.60. The zero-order valence-corrected chi connectivity index (χ0v) is 25.0. The normalized spacial score (nSPS) is 14.5. The number of hydrogen-bond acceptors (Lipinski definition) is 4. The van der Waals surface area contributed by atoms with Crippen LogP contribution in [0.2, 0.25) is 0 Å². The summed E-state index contributed by atoms with van der Waals surface area (Å²) in [5.74, 6) is -0.754. The number of alkyl carbamates (subject to hydrolysis) is 1. The fourth-order valence-corrected chi connectivity index (χ4v) is 4.22. The van der Waals surface area contributed by atoms with Crippen LogP contribution >= 0.6 is 0 Å². The van der Waals surface area contributed by atoms with Gasteiger partial charge in [-0.25, -0.2) is 4.79 Å². The number of ether oxygens (including phenoxy) is 1. The third-order valence-electron chi connectivity index (χ3n) is 6.68. The van der Waals surface area contributed by atoms with Crippen molar-refractivity contribution in [1.82, 2.24) is 15.5 Å². The Morgan fingerprint density at radius 1 is 0.919 bits per heavy atom. The third-order valence-corrected chi connectivity index (χ3v) is 6.68. The lowest BCUT2D eigenvalue weighted by atomic mass is 9.90. The molecule has 3 amide bonds. The topological polar surface area (TPSA) is 87.7 Å². The lowest BCUT2D eigenvalue weighted by Gasteiger charge is -2.45. The average molecular weight is 518 g/mol. The molecule has 3 atom stereocenters. The molecule has 0 spiro atoms. The molecule has 0 fully saturated rings. The van der Waals surface area contributed by atoms with E-state index in [0.29, 0.717) is 6.42 Å².